The van der Waals surface area contributed by atoms with Gasteiger partial charge in [0, 0.05) is 0 Å². The molecule has 4 nitrogen and oxygen atoms in total. The maximum atomic E-state index is 12.1. The molecular weight excluding hydrogens is 298 g/mol. The summed E-state index contributed by atoms with van der Waals surface area (Å²) in [6, 6.07) is 9.36. The second-order valence-electron chi connectivity index (χ2n) is 5.57. The Morgan fingerprint density at radius 2 is 2.32 bits per heavy atom. The number of hydrogen-bond donors (Lipinski definition) is 2. The van der Waals surface area contributed by atoms with Gasteiger partial charge in [-0.25, -0.2) is 0 Å². The summed E-state index contributed by atoms with van der Waals surface area (Å²) in [4.78, 5) is 12.7. The lowest BCUT2D eigenvalue weighted by Crippen LogP contribution is -2.42. The Bertz CT molecular complexity index is 669. The van der Waals surface area contributed by atoms with E-state index in [0.29, 0.717) is 11.3 Å². The molecule has 5 heteroatoms. The molecule has 2 N–H and O–H groups in total. The Balaban J connectivity index is 1.78. The van der Waals surface area contributed by atoms with E-state index in [1.807, 2.05) is 29.6 Å². The molecule has 1 aromatic carbocycles. The highest BCUT2D eigenvalue weighted by molar-refractivity contribution is 7.12. The fraction of sp³-hybridized carbons (Fsp3) is 0.353. The summed E-state index contributed by atoms with van der Waals surface area (Å²) >= 11 is 1.40. The first-order chi connectivity index (χ1) is 10.6. The van der Waals surface area contributed by atoms with E-state index in [2.05, 4.69) is 5.32 Å². The van der Waals surface area contributed by atoms with Crippen molar-refractivity contribution < 1.29 is 14.6 Å². The van der Waals surface area contributed by atoms with Crippen LogP contribution in [0.4, 0.5) is 0 Å². The molecule has 116 valence electrons. The molecule has 1 unspecified atom stereocenters. The van der Waals surface area contributed by atoms with Gasteiger partial charge in [-0.2, -0.15) is 0 Å². The van der Waals surface area contributed by atoms with Gasteiger partial charge < -0.3 is 15.2 Å². The minimum Gasteiger partial charge on any atom is -0.497 e. The molecule has 3 rings (SSSR count). The lowest BCUT2D eigenvalue weighted by atomic mass is 9.79. The van der Waals surface area contributed by atoms with Crippen LogP contribution in [0.5, 0.6) is 5.75 Å². The molecule has 1 aliphatic rings. The summed E-state index contributed by atoms with van der Waals surface area (Å²) in [6.07, 6.45) is 2.47. The van der Waals surface area contributed by atoms with Crippen molar-refractivity contribution in [3.8, 4) is 5.75 Å². The van der Waals surface area contributed by atoms with Crippen molar-refractivity contribution >= 4 is 17.2 Å². The number of ether oxygens (including phenoxy) is 1. The number of nitrogens with one attached hydrogen (secondary N) is 1. The van der Waals surface area contributed by atoms with Crippen molar-refractivity contribution in [3.63, 3.8) is 0 Å². The van der Waals surface area contributed by atoms with Crippen molar-refractivity contribution in [2.45, 2.75) is 24.9 Å². The first-order valence-corrected chi connectivity index (χ1v) is 8.22. The second kappa shape index (κ2) is 6.10. The number of amides is 1. The molecule has 1 aromatic heterocycles. The monoisotopic (exact) mass is 317 g/mol. The Labute approximate surface area is 133 Å². The molecule has 1 atom stereocenters. The molecule has 0 aliphatic heterocycles. The summed E-state index contributed by atoms with van der Waals surface area (Å²) in [5.74, 6) is 0.662. The maximum absolute atomic E-state index is 12.1. The van der Waals surface area contributed by atoms with Crippen LogP contribution in [-0.2, 0) is 12.0 Å². The molecular formula is C17H19NO3S. The average Bonchev–Trinajstić information content (AvgIpc) is 3.07. The van der Waals surface area contributed by atoms with E-state index in [9.17, 15) is 9.90 Å². The van der Waals surface area contributed by atoms with Crippen LogP contribution in [0.15, 0.2) is 35.7 Å². The number of methoxy groups -OCH3 is 1. The number of aryl methyl sites for hydroxylation is 1. The molecule has 1 aliphatic carbocycles. The average molecular weight is 317 g/mol. The van der Waals surface area contributed by atoms with Gasteiger partial charge in [-0.05, 0) is 54.0 Å². The Morgan fingerprint density at radius 3 is 3.05 bits per heavy atom. The van der Waals surface area contributed by atoms with Gasteiger partial charge in [-0.3, -0.25) is 4.79 Å². The van der Waals surface area contributed by atoms with Crippen LogP contribution in [0.2, 0.25) is 0 Å². The number of rotatable bonds is 4. The largest absolute Gasteiger partial charge is 0.497 e. The highest BCUT2D eigenvalue weighted by Crippen LogP contribution is 2.36. The number of thiophene rings is 1. The van der Waals surface area contributed by atoms with Gasteiger partial charge in [0.05, 0.1) is 18.5 Å². The zero-order valence-corrected chi connectivity index (χ0v) is 13.3. The van der Waals surface area contributed by atoms with Gasteiger partial charge >= 0.3 is 0 Å². The smallest absolute Gasteiger partial charge is 0.261 e. The topological polar surface area (TPSA) is 58.6 Å². The molecule has 0 saturated carbocycles. The summed E-state index contributed by atoms with van der Waals surface area (Å²) in [5.41, 5.74) is 0.983. The van der Waals surface area contributed by atoms with Crippen molar-refractivity contribution in [1.82, 2.24) is 5.32 Å². The molecule has 0 bridgehead atoms. The minimum absolute atomic E-state index is 0.135. The first-order valence-electron chi connectivity index (χ1n) is 7.34. The fourth-order valence-electron chi connectivity index (χ4n) is 2.97. The SMILES string of the molecule is COc1ccc2c(c1)CCCC2(O)CNC(=O)c1cccs1. The highest BCUT2D eigenvalue weighted by Gasteiger charge is 2.35. The van der Waals surface area contributed by atoms with Crippen molar-refractivity contribution in [1.29, 1.82) is 0 Å². The lowest BCUT2D eigenvalue weighted by Gasteiger charge is -2.34. The Morgan fingerprint density at radius 1 is 1.45 bits per heavy atom. The number of fused-ring (bicyclic) bond motifs is 1. The third-order valence-corrected chi connectivity index (χ3v) is 5.01. The van der Waals surface area contributed by atoms with Crippen LogP contribution in [0.1, 0.15) is 33.6 Å². The van der Waals surface area contributed by atoms with Crippen LogP contribution < -0.4 is 10.1 Å². The molecule has 0 fully saturated rings. The lowest BCUT2D eigenvalue weighted by molar-refractivity contribution is 0.0189. The van der Waals surface area contributed by atoms with Crippen LogP contribution in [-0.4, -0.2) is 24.7 Å². The molecule has 1 heterocycles. The standard InChI is InChI=1S/C17H19NO3S/c1-21-13-6-7-14-12(10-13)4-2-8-17(14,20)11-18-16(19)15-5-3-9-22-15/h3,5-7,9-10,20H,2,4,8,11H2,1H3,(H,18,19). The minimum atomic E-state index is -1.01. The van der Waals surface area contributed by atoms with Gasteiger partial charge in [0.25, 0.3) is 5.91 Å². The molecule has 0 spiro atoms. The normalized spacial score (nSPS) is 20.3. The van der Waals surface area contributed by atoms with E-state index < -0.39 is 5.60 Å². The first kappa shape index (κ1) is 15.1. The van der Waals surface area contributed by atoms with Crippen LogP contribution in [0.3, 0.4) is 0 Å². The molecule has 0 saturated heterocycles. The van der Waals surface area contributed by atoms with E-state index in [0.717, 1.165) is 29.7 Å². The third-order valence-electron chi connectivity index (χ3n) is 4.14. The quantitative estimate of drug-likeness (QED) is 0.911. The van der Waals surface area contributed by atoms with Gasteiger partial charge in [0.1, 0.15) is 11.4 Å². The second-order valence-corrected chi connectivity index (χ2v) is 6.52. The zero-order chi connectivity index (χ0) is 15.6. The fourth-order valence-corrected chi connectivity index (χ4v) is 3.61. The molecule has 22 heavy (non-hydrogen) atoms. The number of carbonyl (C=O) groups is 1. The summed E-state index contributed by atoms with van der Waals surface area (Å²) in [6.45, 7) is 0.225. The summed E-state index contributed by atoms with van der Waals surface area (Å²) in [5, 5.41) is 15.7. The van der Waals surface area contributed by atoms with E-state index >= 15 is 0 Å². The third kappa shape index (κ3) is 2.87. The van der Waals surface area contributed by atoms with E-state index in [1.54, 1.807) is 13.2 Å². The Hall–Kier alpha value is -1.85. The predicted octanol–water partition coefficient (Wildman–Crippen LogP) is 2.71. The number of aliphatic hydroxyl groups is 1. The van der Waals surface area contributed by atoms with E-state index in [-0.39, 0.29) is 12.5 Å². The molecule has 0 radical (unpaired) electrons. The number of hydrogen-bond acceptors (Lipinski definition) is 4. The summed E-state index contributed by atoms with van der Waals surface area (Å²) in [7, 11) is 1.64. The highest BCUT2D eigenvalue weighted by atomic mass is 32.1. The van der Waals surface area contributed by atoms with E-state index in [4.69, 9.17) is 4.74 Å². The van der Waals surface area contributed by atoms with Crippen LogP contribution in [0.25, 0.3) is 0 Å². The van der Waals surface area contributed by atoms with Crippen LogP contribution in [0, 0.1) is 0 Å². The maximum Gasteiger partial charge on any atom is 0.261 e. The van der Waals surface area contributed by atoms with Crippen molar-refractivity contribution in [2.75, 3.05) is 13.7 Å². The molecule has 1 amide bonds. The number of benzene rings is 1. The molecule has 2 aromatic rings. The number of carbonyl (C=O) groups excluding carboxylic acids is 1. The zero-order valence-electron chi connectivity index (χ0n) is 12.5. The van der Waals surface area contributed by atoms with Gasteiger partial charge in [0.15, 0.2) is 0 Å². The van der Waals surface area contributed by atoms with Crippen molar-refractivity contribution in [2.24, 2.45) is 0 Å². The summed E-state index contributed by atoms with van der Waals surface area (Å²) < 4.78 is 5.25. The Kier molecular flexibility index (Phi) is 4.18. The van der Waals surface area contributed by atoms with Gasteiger partial charge in [-0.1, -0.05) is 12.1 Å². The van der Waals surface area contributed by atoms with E-state index in [1.165, 1.54) is 11.3 Å². The predicted molar refractivity (Wildman–Crippen MR) is 86.5 cm³/mol. The van der Waals surface area contributed by atoms with Gasteiger partial charge in [-0.15, -0.1) is 11.3 Å². The van der Waals surface area contributed by atoms with Crippen molar-refractivity contribution in [3.05, 3.63) is 51.7 Å². The van der Waals surface area contributed by atoms with Gasteiger partial charge in [0.2, 0.25) is 0 Å². The van der Waals surface area contributed by atoms with Crippen LogP contribution >= 0.6 is 11.3 Å².